The van der Waals surface area contributed by atoms with Crippen LogP contribution in [-0.2, 0) is 18.3 Å². The standard InChI is InChI=1S/C15H13N3O2/c1-18-9-11(10-4-2-3-5-13(10)18)15-12(8-14(19)20)16-6-7-17-15/h2-7,9H,8H2,1H3,(H,19,20). The molecule has 0 saturated carbocycles. The van der Waals surface area contributed by atoms with Gasteiger partial charge in [0.1, 0.15) is 0 Å². The van der Waals surface area contributed by atoms with Crippen molar-refractivity contribution < 1.29 is 9.90 Å². The number of rotatable bonds is 3. The van der Waals surface area contributed by atoms with E-state index in [0.717, 1.165) is 16.5 Å². The Labute approximate surface area is 115 Å². The second-order valence-electron chi connectivity index (χ2n) is 4.59. The van der Waals surface area contributed by atoms with E-state index in [-0.39, 0.29) is 6.42 Å². The molecule has 0 unspecified atom stereocenters. The molecule has 2 heterocycles. The summed E-state index contributed by atoms with van der Waals surface area (Å²) in [6.07, 6.45) is 4.93. The van der Waals surface area contributed by atoms with Crippen LogP contribution >= 0.6 is 0 Å². The fourth-order valence-electron chi connectivity index (χ4n) is 2.39. The summed E-state index contributed by atoms with van der Waals surface area (Å²) < 4.78 is 2.00. The molecular formula is C15H13N3O2. The molecule has 0 aliphatic rings. The Balaban J connectivity index is 2.24. The van der Waals surface area contributed by atoms with E-state index in [1.54, 1.807) is 6.20 Å². The fourth-order valence-corrected chi connectivity index (χ4v) is 2.39. The zero-order valence-electron chi connectivity index (χ0n) is 10.9. The van der Waals surface area contributed by atoms with Crippen molar-refractivity contribution in [1.29, 1.82) is 0 Å². The molecule has 0 saturated heterocycles. The van der Waals surface area contributed by atoms with E-state index in [1.807, 2.05) is 42.1 Å². The van der Waals surface area contributed by atoms with Gasteiger partial charge in [-0.2, -0.15) is 0 Å². The van der Waals surface area contributed by atoms with E-state index in [9.17, 15) is 4.79 Å². The number of carbonyl (C=O) groups is 1. The van der Waals surface area contributed by atoms with Gasteiger partial charge in [0.25, 0.3) is 0 Å². The van der Waals surface area contributed by atoms with Crippen LogP contribution in [0.4, 0.5) is 0 Å². The van der Waals surface area contributed by atoms with Crippen molar-refractivity contribution in [1.82, 2.24) is 14.5 Å². The number of carboxylic acid groups (broad SMARTS) is 1. The molecule has 3 aromatic rings. The Morgan fingerprint density at radius 1 is 1.25 bits per heavy atom. The minimum atomic E-state index is -0.910. The van der Waals surface area contributed by atoms with Crippen LogP contribution < -0.4 is 0 Å². The normalized spacial score (nSPS) is 10.8. The summed E-state index contributed by atoms with van der Waals surface area (Å²) in [6, 6.07) is 7.95. The average molecular weight is 267 g/mol. The number of aromatic nitrogens is 3. The van der Waals surface area contributed by atoms with Crippen molar-refractivity contribution in [2.24, 2.45) is 7.05 Å². The van der Waals surface area contributed by atoms with Gasteiger partial charge in [-0.3, -0.25) is 14.8 Å². The van der Waals surface area contributed by atoms with Crippen LogP contribution in [0.5, 0.6) is 0 Å². The minimum absolute atomic E-state index is 0.133. The van der Waals surface area contributed by atoms with E-state index in [0.29, 0.717) is 11.4 Å². The molecule has 0 spiro atoms. The predicted molar refractivity (Wildman–Crippen MR) is 75.3 cm³/mol. The van der Waals surface area contributed by atoms with Crippen molar-refractivity contribution in [3.63, 3.8) is 0 Å². The Morgan fingerprint density at radius 2 is 2.00 bits per heavy atom. The lowest BCUT2D eigenvalue weighted by Gasteiger charge is -2.04. The molecule has 20 heavy (non-hydrogen) atoms. The van der Waals surface area contributed by atoms with Gasteiger partial charge in [-0.1, -0.05) is 18.2 Å². The van der Waals surface area contributed by atoms with Crippen LogP contribution in [-0.4, -0.2) is 25.6 Å². The molecule has 5 heteroatoms. The Bertz CT molecular complexity index is 793. The molecule has 0 amide bonds. The molecule has 0 aliphatic heterocycles. The van der Waals surface area contributed by atoms with Crippen LogP contribution in [0.3, 0.4) is 0 Å². The Kier molecular flexibility index (Phi) is 2.95. The maximum Gasteiger partial charge on any atom is 0.309 e. The Hall–Kier alpha value is -2.69. The first-order chi connectivity index (χ1) is 9.66. The highest BCUT2D eigenvalue weighted by atomic mass is 16.4. The highest BCUT2D eigenvalue weighted by molar-refractivity contribution is 5.96. The molecule has 0 atom stereocenters. The van der Waals surface area contributed by atoms with Crippen molar-refractivity contribution >= 4 is 16.9 Å². The molecule has 5 nitrogen and oxygen atoms in total. The molecular weight excluding hydrogens is 254 g/mol. The number of benzene rings is 1. The summed E-state index contributed by atoms with van der Waals surface area (Å²) in [5, 5.41) is 10.0. The van der Waals surface area contributed by atoms with Gasteiger partial charge in [0, 0.05) is 42.1 Å². The minimum Gasteiger partial charge on any atom is -0.481 e. The SMILES string of the molecule is Cn1cc(-c2nccnc2CC(=O)O)c2ccccc21. The lowest BCUT2D eigenvalue weighted by Crippen LogP contribution is -2.05. The molecule has 3 rings (SSSR count). The summed E-state index contributed by atoms with van der Waals surface area (Å²) in [4.78, 5) is 19.4. The highest BCUT2D eigenvalue weighted by Crippen LogP contribution is 2.30. The number of hydrogen-bond donors (Lipinski definition) is 1. The summed E-state index contributed by atoms with van der Waals surface area (Å²) in [7, 11) is 1.96. The number of nitrogens with zero attached hydrogens (tertiary/aromatic N) is 3. The molecule has 0 bridgehead atoms. The van der Waals surface area contributed by atoms with E-state index in [4.69, 9.17) is 5.11 Å². The monoisotopic (exact) mass is 267 g/mol. The van der Waals surface area contributed by atoms with Crippen molar-refractivity contribution in [3.05, 3.63) is 48.5 Å². The number of fused-ring (bicyclic) bond motifs is 1. The first-order valence-electron chi connectivity index (χ1n) is 6.23. The quantitative estimate of drug-likeness (QED) is 0.790. The average Bonchev–Trinajstić information content (AvgIpc) is 2.77. The van der Waals surface area contributed by atoms with Gasteiger partial charge in [0.2, 0.25) is 0 Å². The van der Waals surface area contributed by atoms with Gasteiger partial charge in [0.05, 0.1) is 17.8 Å². The van der Waals surface area contributed by atoms with Gasteiger partial charge >= 0.3 is 5.97 Å². The molecule has 1 aromatic carbocycles. The molecule has 0 radical (unpaired) electrons. The van der Waals surface area contributed by atoms with Crippen LogP contribution in [0.15, 0.2) is 42.9 Å². The number of aryl methyl sites for hydroxylation is 1. The van der Waals surface area contributed by atoms with Crippen LogP contribution in [0.2, 0.25) is 0 Å². The van der Waals surface area contributed by atoms with E-state index in [2.05, 4.69) is 9.97 Å². The molecule has 1 N–H and O–H groups in total. The zero-order chi connectivity index (χ0) is 14.1. The summed E-state index contributed by atoms with van der Waals surface area (Å²) in [5.74, 6) is -0.910. The topological polar surface area (TPSA) is 68.0 Å². The smallest absolute Gasteiger partial charge is 0.309 e. The third-order valence-electron chi connectivity index (χ3n) is 3.24. The molecule has 0 aliphatic carbocycles. The maximum atomic E-state index is 10.9. The number of carboxylic acids is 1. The van der Waals surface area contributed by atoms with Gasteiger partial charge in [-0.15, -0.1) is 0 Å². The van der Waals surface area contributed by atoms with Crippen LogP contribution in [0, 0.1) is 0 Å². The van der Waals surface area contributed by atoms with Crippen molar-refractivity contribution in [2.45, 2.75) is 6.42 Å². The zero-order valence-corrected chi connectivity index (χ0v) is 10.9. The first-order valence-corrected chi connectivity index (χ1v) is 6.23. The van der Waals surface area contributed by atoms with Gasteiger partial charge in [0.15, 0.2) is 0 Å². The lowest BCUT2D eigenvalue weighted by molar-refractivity contribution is -0.136. The predicted octanol–water partition coefficient (Wildman–Crippen LogP) is 2.26. The van der Waals surface area contributed by atoms with Gasteiger partial charge < -0.3 is 9.67 Å². The third kappa shape index (κ3) is 2.03. The van der Waals surface area contributed by atoms with Crippen LogP contribution in [0.1, 0.15) is 5.69 Å². The first kappa shape index (κ1) is 12.3. The highest BCUT2D eigenvalue weighted by Gasteiger charge is 2.15. The maximum absolute atomic E-state index is 10.9. The second kappa shape index (κ2) is 4.77. The van der Waals surface area contributed by atoms with E-state index < -0.39 is 5.97 Å². The number of aliphatic carboxylic acids is 1. The van der Waals surface area contributed by atoms with E-state index in [1.165, 1.54) is 6.20 Å². The fraction of sp³-hybridized carbons (Fsp3) is 0.133. The van der Waals surface area contributed by atoms with Crippen LogP contribution in [0.25, 0.3) is 22.2 Å². The Morgan fingerprint density at radius 3 is 2.80 bits per heavy atom. The summed E-state index contributed by atoms with van der Waals surface area (Å²) in [5.41, 5.74) is 3.10. The van der Waals surface area contributed by atoms with Gasteiger partial charge in [-0.25, -0.2) is 0 Å². The number of para-hydroxylation sites is 1. The summed E-state index contributed by atoms with van der Waals surface area (Å²) in [6.45, 7) is 0. The number of hydrogen-bond acceptors (Lipinski definition) is 3. The van der Waals surface area contributed by atoms with Crippen molar-refractivity contribution in [2.75, 3.05) is 0 Å². The second-order valence-corrected chi connectivity index (χ2v) is 4.59. The largest absolute Gasteiger partial charge is 0.481 e. The van der Waals surface area contributed by atoms with Crippen molar-refractivity contribution in [3.8, 4) is 11.3 Å². The van der Waals surface area contributed by atoms with Gasteiger partial charge in [-0.05, 0) is 6.07 Å². The molecule has 0 fully saturated rings. The third-order valence-corrected chi connectivity index (χ3v) is 3.24. The summed E-state index contributed by atoms with van der Waals surface area (Å²) >= 11 is 0. The molecule has 100 valence electrons. The van der Waals surface area contributed by atoms with E-state index >= 15 is 0 Å². The lowest BCUT2D eigenvalue weighted by atomic mass is 10.1. The molecule has 2 aromatic heterocycles.